The van der Waals surface area contributed by atoms with Gasteiger partial charge < -0.3 is 10.4 Å². The van der Waals surface area contributed by atoms with Crippen LogP contribution < -0.4 is 5.32 Å². The molecule has 0 spiro atoms. The van der Waals surface area contributed by atoms with Gasteiger partial charge in [-0.1, -0.05) is 0 Å². The average molecular weight is 493 g/mol. The van der Waals surface area contributed by atoms with Crippen LogP contribution in [0.4, 0.5) is 37.8 Å². The highest BCUT2D eigenvalue weighted by molar-refractivity contribution is 5.91. The average Bonchev–Trinajstić information content (AvgIpc) is 2.77. The molecule has 6 nitrogen and oxygen atoms in total. The first-order chi connectivity index (χ1) is 16.2. The van der Waals surface area contributed by atoms with E-state index in [9.17, 15) is 31.4 Å². The minimum atomic E-state index is -4.72. The van der Waals surface area contributed by atoms with Crippen molar-refractivity contribution < 1.29 is 31.4 Å². The Labute approximate surface area is 194 Å². The van der Waals surface area contributed by atoms with E-state index in [4.69, 9.17) is 0 Å². The van der Waals surface area contributed by atoms with Gasteiger partial charge in [-0.2, -0.15) is 26.3 Å². The Bertz CT molecular complexity index is 1380. The number of fused-ring (bicyclic) bond motifs is 1. The lowest BCUT2D eigenvalue weighted by atomic mass is 10.0. The fourth-order valence-electron chi connectivity index (χ4n) is 3.27. The molecule has 4 heterocycles. The predicted molar refractivity (Wildman–Crippen MR) is 116 cm³/mol. The fourth-order valence-corrected chi connectivity index (χ4v) is 3.27. The van der Waals surface area contributed by atoms with Crippen LogP contribution in [-0.2, 0) is 18.0 Å². The molecule has 0 radical (unpaired) electrons. The third-order valence-electron chi connectivity index (χ3n) is 5.03. The van der Waals surface area contributed by atoms with Gasteiger partial charge in [0.05, 0.1) is 28.2 Å². The second-order valence-corrected chi connectivity index (χ2v) is 8.13. The van der Waals surface area contributed by atoms with Gasteiger partial charge in [-0.15, -0.1) is 0 Å². The van der Waals surface area contributed by atoms with Crippen LogP contribution >= 0.6 is 0 Å². The predicted octanol–water partition coefficient (Wildman–Crippen LogP) is 6.10. The van der Waals surface area contributed by atoms with Crippen molar-refractivity contribution in [1.29, 1.82) is 0 Å². The molecule has 0 aliphatic carbocycles. The number of aliphatic hydroxyl groups is 1. The number of anilines is 2. The Morgan fingerprint density at radius 1 is 0.800 bits per heavy atom. The zero-order valence-electron chi connectivity index (χ0n) is 18.2. The van der Waals surface area contributed by atoms with E-state index >= 15 is 0 Å². The quantitative estimate of drug-likeness (QED) is 0.335. The van der Waals surface area contributed by atoms with E-state index in [1.807, 2.05) is 0 Å². The highest BCUT2D eigenvalue weighted by Gasteiger charge is 2.36. The SMILES string of the molecule is CC(C)(O)c1ccc(C(F)(F)F)c(-c2ccc3c(Nc4ccc(C(F)(F)F)cn4)ccnc3n2)n1. The van der Waals surface area contributed by atoms with E-state index in [-0.39, 0.29) is 22.9 Å². The smallest absolute Gasteiger partial charge is 0.384 e. The number of hydrogen-bond donors (Lipinski definition) is 2. The van der Waals surface area contributed by atoms with Crippen molar-refractivity contribution in [3.05, 3.63) is 71.7 Å². The molecule has 4 aromatic heterocycles. The van der Waals surface area contributed by atoms with E-state index in [1.165, 1.54) is 38.2 Å². The number of halogens is 6. The monoisotopic (exact) mass is 493 g/mol. The van der Waals surface area contributed by atoms with Gasteiger partial charge in [-0.05, 0) is 56.3 Å². The molecule has 0 fully saturated rings. The molecule has 0 amide bonds. The topological polar surface area (TPSA) is 83.8 Å². The van der Waals surface area contributed by atoms with E-state index in [0.717, 1.165) is 24.3 Å². The number of hydrogen-bond acceptors (Lipinski definition) is 6. The first kappa shape index (κ1) is 24.3. The Balaban J connectivity index is 1.76. The maximum absolute atomic E-state index is 13.7. The van der Waals surface area contributed by atoms with Crippen molar-refractivity contribution in [3.8, 4) is 11.4 Å². The van der Waals surface area contributed by atoms with Crippen molar-refractivity contribution in [2.24, 2.45) is 0 Å². The maximum atomic E-state index is 13.7. The standard InChI is InChI=1S/C23H17F6N5O/c1-21(2,35)17-7-5-14(23(27,28)29)19(34-17)16-6-4-13-15(9-10-30-20(13)33-16)32-18-8-3-12(11-31-18)22(24,25)26/h3-11,35H,1-2H3,(H,30,31,32,33). The summed E-state index contributed by atoms with van der Waals surface area (Å²) in [6.07, 6.45) is -7.22. The molecule has 2 N–H and O–H groups in total. The Morgan fingerprint density at radius 3 is 2.14 bits per heavy atom. The van der Waals surface area contributed by atoms with Gasteiger partial charge in [0.25, 0.3) is 0 Å². The van der Waals surface area contributed by atoms with Crippen LogP contribution in [0.3, 0.4) is 0 Å². The van der Waals surface area contributed by atoms with Gasteiger partial charge in [-0.25, -0.2) is 19.9 Å². The lowest BCUT2D eigenvalue weighted by molar-refractivity contribution is -0.138. The molecular formula is C23H17F6N5O. The maximum Gasteiger partial charge on any atom is 0.418 e. The van der Waals surface area contributed by atoms with Gasteiger partial charge in [0.2, 0.25) is 0 Å². The van der Waals surface area contributed by atoms with Gasteiger partial charge in [0.15, 0.2) is 5.65 Å². The molecule has 0 aliphatic rings. The number of aromatic nitrogens is 4. The van der Waals surface area contributed by atoms with E-state index in [0.29, 0.717) is 17.3 Å². The van der Waals surface area contributed by atoms with Crippen LogP contribution in [0.5, 0.6) is 0 Å². The van der Waals surface area contributed by atoms with Gasteiger partial charge in [-0.3, -0.25) is 0 Å². The molecule has 12 heteroatoms. The molecule has 4 rings (SSSR count). The highest BCUT2D eigenvalue weighted by atomic mass is 19.4. The summed E-state index contributed by atoms with van der Waals surface area (Å²) in [5, 5.41) is 13.5. The van der Waals surface area contributed by atoms with E-state index in [2.05, 4.69) is 25.3 Å². The normalized spacial score (nSPS) is 12.7. The second kappa shape index (κ2) is 8.45. The Kier molecular flexibility index (Phi) is 5.87. The Morgan fingerprint density at radius 2 is 1.54 bits per heavy atom. The van der Waals surface area contributed by atoms with Crippen LogP contribution in [0.2, 0.25) is 0 Å². The first-order valence-corrected chi connectivity index (χ1v) is 10.1. The van der Waals surface area contributed by atoms with Gasteiger partial charge in [0, 0.05) is 17.8 Å². The molecule has 0 atom stereocenters. The van der Waals surface area contributed by atoms with Gasteiger partial charge >= 0.3 is 12.4 Å². The summed E-state index contributed by atoms with van der Waals surface area (Å²) in [6.45, 7) is 2.80. The number of rotatable bonds is 4. The van der Waals surface area contributed by atoms with Gasteiger partial charge in [0.1, 0.15) is 17.1 Å². The number of pyridine rings is 4. The largest absolute Gasteiger partial charge is 0.418 e. The van der Waals surface area contributed by atoms with Crippen molar-refractivity contribution >= 4 is 22.5 Å². The van der Waals surface area contributed by atoms with Crippen LogP contribution in [0.25, 0.3) is 22.4 Å². The summed E-state index contributed by atoms with van der Waals surface area (Å²) in [7, 11) is 0. The van der Waals surface area contributed by atoms with E-state index in [1.54, 1.807) is 0 Å². The highest BCUT2D eigenvalue weighted by Crippen LogP contribution is 2.37. The molecule has 182 valence electrons. The molecule has 0 saturated heterocycles. The van der Waals surface area contributed by atoms with Crippen LogP contribution in [-0.4, -0.2) is 25.0 Å². The molecule has 4 aromatic rings. The summed E-state index contributed by atoms with van der Waals surface area (Å²) in [4.78, 5) is 16.1. The number of nitrogens with zero attached hydrogens (tertiary/aromatic N) is 4. The van der Waals surface area contributed by atoms with Crippen molar-refractivity contribution in [3.63, 3.8) is 0 Å². The molecule has 0 aromatic carbocycles. The summed E-state index contributed by atoms with van der Waals surface area (Å²) >= 11 is 0. The lowest BCUT2D eigenvalue weighted by Gasteiger charge is -2.20. The van der Waals surface area contributed by atoms with Crippen LogP contribution in [0.15, 0.2) is 54.9 Å². The zero-order valence-corrected chi connectivity index (χ0v) is 18.2. The molecule has 0 unspecified atom stereocenters. The number of alkyl halides is 6. The summed E-state index contributed by atoms with van der Waals surface area (Å²) < 4.78 is 79.2. The molecule has 0 saturated carbocycles. The fraction of sp³-hybridized carbons (Fsp3) is 0.217. The molecule has 35 heavy (non-hydrogen) atoms. The van der Waals surface area contributed by atoms with Crippen LogP contribution in [0.1, 0.15) is 30.7 Å². The summed E-state index contributed by atoms with van der Waals surface area (Å²) in [6, 6.07) is 8.27. The first-order valence-electron chi connectivity index (χ1n) is 10.1. The van der Waals surface area contributed by atoms with E-state index < -0.39 is 34.8 Å². The third kappa shape index (κ3) is 5.16. The minimum absolute atomic E-state index is 0.0270. The number of nitrogens with one attached hydrogen (secondary N) is 1. The zero-order chi connectivity index (χ0) is 25.6. The molecular weight excluding hydrogens is 476 g/mol. The minimum Gasteiger partial charge on any atom is -0.384 e. The van der Waals surface area contributed by atoms with Crippen LogP contribution in [0, 0.1) is 0 Å². The lowest BCUT2D eigenvalue weighted by Crippen LogP contribution is -2.19. The molecule has 0 bridgehead atoms. The van der Waals surface area contributed by atoms with Crippen molar-refractivity contribution in [2.75, 3.05) is 5.32 Å². The Hall–Kier alpha value is -3.80. The van der Waals surface area contributed by atoms with Crippen molar-refractivity contribution in [2.45, 2.75) is 31.8 Å². The summed E-state index contributed by atoms with van der Waals surface area (Å²) in [5.41, 5.74) is -3.52. The third-order valence-corrected chi connectivity index (χ3v) is 5.03. The second-order valence-electron chi connectivity index (χ2n) is 8.13. The van der Waals surface area contributed by atoms with Crippen molar-refractivity contribution in [1.82, 2.24) is 19.9 Å². The summed E-state index contributed by atoms with van der Waals surface area (Å²) in [5.74, 6) is 0.119. The molecule has 0 aliphatic heterocycles.